The zero-order chi connectivity index (χ0) is 13.5. The van der Waals surface area contributed by atoms with Crippen LogP contribution < -0.4 is 5.32 Å². The Kier molecular flexibility index (Phi) is 4.63. The molecule has 1 aromatic rings. The van der Waals surface area contributed by atoms with E-state index in [1.807, 2.05) is 0 Å². The maximum Gasteiger partial charge on any atom is 0.407 e. The lowest BCUT2D eigenvalue weighted by Crippen LogP contribution is -2.20. The average Bonchev–Trinajstić information content (AvgIpc) is 2.30. The first-order valence-corrected chi connectivity index (χ1v) is 5.08. The Balaban J connectivity index is 2.68. The highest BCUT2D eigenvalue weighted by Gasteiger charge is 2.15. The zero-order valence-corrected chi connectivity index (χ0v) is 9.64. The summed E-state index contributed by atoms with van der Waals surface area (Å²) in [6, 6.07) is 2.55. The number of aromatic hydroxyl groups is 1. The SMILES string of the molecule is CC(=O)NCCC#Cc1ccc(O)c([N+](=O)[O-])n1. The molecule has 0 aliphatic rings. The minimum Gasteiger partial charge on any atom is -0.501 e. The summed E-state index contributed by atoms with van der Waals surface area (Å²) in [5.41, 5.74) is 0.197. The molecule has 0 aromatic carbocycles. The fraction of sp³-hybridized carbons (Fsp3) is 0.273. The van der Waals surface area contributed by atoms with E-state index in [0.717, 1.165) is 0 Å². The van der Waals surface area contributed by atoms with Crippen molar-refractivity contribution in [2.45, 2.75) is 13.3 Å². The predicted molar refractivity (Wildman–Crippen MR) is 62.7 cm³/mol. The number of hydrogen-bond acceptors (Lipinski definition) is 5. The molecule has 2 N–H and O–H groups in total. The lowest BCUT2D eigenvalue weighted by Gasteiger charge is -1.95. The van der Waals surface area contributed by atoms with Crippen molar-refractivity contribution in [2.24, 2.45) is 0 Å². The van der Waals surface area contributed by atoms with Crippen molar-refractivity contribution in [3.05, 3.63) is 27.9 Å². The standard InChI is InChI=1S/C11H11N3O4/c1-8(15)12-7-3-2-4-9-5-6-10(16)11(13-9)14(17)18/h5-6,16H,3,7H2,1H3,(H,12,15). The summed E-state index contributed by atoms with van der Waals surface area (Å²) in [5.74, 6) is 4.06. The molecule has 1 rings (SSSR count). The minimum atomic E-state index is -0.780. The van der Waals surface area contributed by atoms with Crippen molar-refractivity contribution in [3.8, 4) is 17.6 Å². The zero-order valence-electron chi connectivity index (χ0n) is 9.64. The quantitative estimate of drug-likeness (QED) is 0.352. The van der Waals surface area contributed by atoms with Gasteiger partial charge < -0.3 is 20.5 Å². The van der Waals surface area contributed by atoms with Crippen LogP contribution in [0.25, 0.3) is 0 Å². The Morgan fingerprint density at radius 3 is 2.94 bits per heavy atom. The van der Waals surface area contributed by atoms with Crippen LogP contribution in [-0.4, -0.2) is 27.5 Å². The number of nitrogens with one attached hydrogen (secondary N) is 1. The summed E-state index contributed by atoms with van der Waals surface area (Å²) >= 11 is 0. The third-order valence-electron chi connectivity index (χ3n) is 1.87. The van der Waals surface area contributed by atoms with Gasteiger partial charge in [-0.25, -0.2) is 0 Å². The molecule has 1 amide bonds. The fourth-order valence-electron chi connectivity index (χ4n) is 1.10. The molecule has 0 saturated carbocycles. The molecule has 94 valence electrons. The van der Waals surface area contributed by atoms with Gasteiger partial charge >= 0.3 is 5.82 Å². The van der Waals surface area contributed by atoms with Crippen molar-refractivity contribution in [2.75, 3.05) is 6.54 Å². The van der Waals surface area contributed by atoms with Crippen LogP contribution in [0.2, 0.25) is 0 Å². The number of pyridine rings is 1. The van der Waals surface area contributed by atoms with Crippen LogP contribution in [0.15, 0.2) is 12.1 Å². The van der Waals surface area contributed by atoms with E-state index in [1.165, 1.54) is 19.1 Å². The molecule has 1 heterocycles. The first-order valence-electron chi connectivity index (χ1n) is 5.08. The van der Waals surface area contributed by atoms with Crippen LogP contribution in [0.1, 0.15) is 19.0 Å². The van der Waals surface area contributed by atoms with Gasteiger partial charge in [0.05, 0.1) is 0 Å². The predicted octanol–water partition coefficient (Wildman–Crippen LogP) is 0.573. The molecule has 0 radical (unpaired) electrons. The van der Waals surface area contributed by atoms with Gasteiger partial charge in [-0.1, -0.05) is 5.92 Å². The van der Waals surface area contributed by atoms with E-state index in [2.05, 4.69) is 22.1 Å². The third-order valence-corrected chi connectivity index (χ3v) is 1.87. The van der Waals surface area contributed by atoms with Gasteiger partial charge in [-0.2, -0.15) is 0 Å². The Morgan fingerprint density at radius 1 is 1.61 bits per heavy atom. The molecule has 0 aliphatic heterocycles. The van der Waals surface area contributed by atoms with Gasteiger partial charge in [-0.05, 0) is 21.9 Å². The molecule has 0 unspecified atom stereocenters. The molecule has 0 spiro atoms. The Hall–Kier alpha value is -2.62. The highest BCUT2D eigenvalue weighted by molar-refractivity contribution is 5.72. The molecule has 0 saturated heterocycles. The Morgan fingerprint density at radius 2 is 2.33 bits per heavy atom. The smallest absolute Gasteiger partial charge is 0.407 e. The average molecular weight is 249 g/mol. The molecule has 0 aliphatic carbocycles. The van der Waals surface area contributed by atoms with E-state index in [9.17, 15) is 20.0 Å². The summed E-state index contributed by atoms with van der Waals surface area (Å²) in [7, 11) is 0. The topological polar surface area (TPSA) is 105 Å². The number of carbonyl (C=O) groups excluding carboxylic acids is 1. The molecule has 0 fully saturated rings. The highest BCUT2D eigenvalue weighted by atomic mass is 16.6. The van der Waals surface area contributed by atoms with Crippen LogP contribution in [0.4, 0.5) is 5.82 Å². The normalized spacial score (nSPS) is 9.17. The Bertz CT molecular complexity index is 531. The molecule has 18 heavy (non-hydrogen) atoms. The number of rotatable bonds is 3. The molecular formula is C11H11N3O4. The van der Waals surface area contributed by atoms with E-state index in [-0.39, 0.29) is 11.6 Å². The van der Waals surface area contributed by atoms with Crippen molar-refractivity contribution < 1.29 is 14.8 Å². The fourth-order valence-corrected chi connectivity index (χ4v) is 1.10. The van der Waals surface area contributed by atoms with Gasteiger partial charge in [0.2, 0.25) is 17.4 Å². The number of nitro groups is 1. The Labute approximate surface area is 103 Å². The lowest BCUT2D eigenvalue weighted by atomic mass is 10.3. The number of aromatic nitrogens is 1. The number of carbonyl (C=O) groups is 1. The first-order chi connectivity index (χ1) is 8.50. The van der Waals surface area contributed by atoms with E-state index >= 15 is 0 Å². The van der Waals surface area contributed by atoms with Crippen LogP contribution in [0, 0.1) is 22.0 Å². The highest BCUT2D eigenvalue weighted by Crippen LogP contribution is 2.21. The van der Waals surface area contributed by atoms with Gasteiger partial charge in [0.15, 0.2) is 0 Å². The number of nitrogens with zero attached hydrogens (tertiary/aromatic N) is 2. The van der Waals surface area contributed by atoms with Crippen molar-refractivity contribution in [3.63, 3.8) is 0 Å². The lowest BCUT2D eigenvalue weighted by molar-refractivity contribution is -0.390. The van der Waals surface area contributed by atoms with E-state index in [0.29, 0.717) is 13.0 Å². The first kappa shape index (κ1) is 13.4. The molecular weight excluding hydrogens is 238 g/mol. The second-order valence-corrected chi connectivity index (χ2v) is 3.33. The van der Waals surface area contributed by atoms with Gasteiger partial charge in [-0.3, -0.25) is 4.79 Å². The largest absolute Gasteiger partial charge is 0.501 e. The second-order valence-electron chi connectivity index (χ2n) is 3.33. The second kappa shape index (κ2) is 6.20. The summed E-state index contributed by atoms with van der Waals surface area (Å²) in [5, 5.41) is 22.2. The maximum atomic E-state index is 10.6. The molecule has 7 heteroatoms. The third kappa shape index (κ3) is 4.09. The van der Waals surface area contributed by atoms with E-state index < -0.39 is 16.5 Å². The van der Waals surface area contributed by atoms with Crippen LogP contribution in [0.5, 0.6) is 5.75 Å². The maximum absolute atomic E-state index is 10.6. The van der Waals surface area contributed by atoms with Crippen molar-refractivity contribution >= 4 is 11.7 Å². The van der Waals surface area contributed by atoms with Gasteiger partial charge in [0.1, 0.15) is 0 Å². The molecule has 7 nitrogen and oxygen atoms in total. The van der Waals surface area contributed by atoms with Gasteiger partial charge in [0, 0.05) is 26.0 Å². The summed E-state index contributed by atoms with van der Waals surface area (Å²) < 4.78 is 0. The summed E-state index contributed by atoms with van der Waals surface area (Å²) in [6.07, 6.45) is 0.413. The summed E-state index contributed by atoms with van der Waals surface area (Å²) in [4.78, 5) is 23.9. The van der Waals surface area contributed by atoms with Crippen LogP contribution in [0.3, 0.4) is 0 Å². The molecule has 1 aromatic heterocycles. The van der Waals surface area contributed by atoms with Crippen molar-refractivity contribution in [1.82, 2.24) is 10.3 Å². The van der Waals surface area contributed by atoms with Crippen molar-refractivity contribution in [1.29, 1.82) is 0 Å². The number of hydrogen-bond donors (Lipinski definition) is 2. The monoisotopic (exact) mass is 249 g/mol. The molecule has 0 bridgehead atoms. The van der Waals surface area contributed by atoms with Gasteiger partial charge in [0.25, 0.3) is 0 Å². The number of amides is 1. The van der Waals surface area contributed by atoms with Gasteiger partial charge in [-0.15, -0.1) is 0 Å². The van der Waals surface area contributed by atoms with E-state index in [4.69, 9.17) is 0 Å². The minimum absolute atomic E-state index is 0.143. The van der Waals surface area contributed by atoms with Crippen LogP contribution in [-0.2, 0) is 4.79 Å². The molecule has 0 atom stereocenters. The van der Waals surface area contributed by atoms with Crippen LogP contribution >= 0.6 is 0 Å². The summed E-state index contributed by atoms with van der Waals surface area (Å²) in [6.45, 7) is 1.81. The van der Waals surface area contributed by atoms with E-state index in [1.54, 1.807) is 0 Å².